The Labute approximate surface area is 163 Å². The Morgan fingerprint density at radius 2 is 1.79 bits per heavy atom. The second kappa shape index (κ2) is 8.17. The zero-order valence-corrected chi connectivity index (χ0v) is 14.8. The average Bonchev–Trinajstić information content (AvgIpc) is 2.69. The van der Waals surface area contributed by atoms with Crippen molar-refractivity contribution in [1.29, 1.82) is 0 Å². The van der Waals surface area contributed by atoms with E-state index in [0.29, 0.717) is 15.8 Å². The Morgan fingerprint density at radius 3 is 2.45 bits per heavy atom. The number of nitrogens with zero attached hydrogens (tertiary/aromatic N) is 2. The van der Waals surface area contributed by atoms with Gasteiger partial charge >= 0.3 is 12.3 Å². The number of halogens is 3. The molecule has 0 aliphatic heterocycles. The molecule has 0 atom stereocenters. The predicted molar refractivity (Wildman–Crippen MR) is 95.7 cm³/mol. The molecule has 0 fully saturated rings. The number of carbonyl (C=O) groups is 2. The molecule has 0 aliphatic rings. The average molecular weight is 403 g/mol. The number of hydrogen-bond donors (Lipinski definition) is 0. The van der Waals surface area contributed by atoms with E-state index in [2.05, 4.69) is 4.98 Å². The van der Waals surface area contributed by atoms with Crippen molar-refractivity contribution in [3.8, 4) is 0 Å². The molecule has 6 nitrogen and oxygen atoms in total. The number of rotatable bonds is 5. The highest BCUT2D eigenvalue weighted by molar-refractivity contribution is 6.02. The van der Waals surface area contributed by atoms with Gasteiger partial charge in [-0.05, 0) is 29.1 Å². The van der Waals surface area contributed by atoms with Gasteiger partial charge in [0, 0.05) is 11.6 Å². The Balaban J connectivity index is 1.98. The smallest absolute Gasteiger partial charge is 0.416 e. The maximum atomic E-state index is 13.1. The van der Waals surface area contributed by atoms with E-state index in [4.69, 9.17) is 4.74 Å². The molecule has 0 unspecified atom stereocenters. The van der Waals surface area contributed by atoms with Gasteiger partial charge in [-0.3, -0.25) is 4.90 Å². The van der Waals surface area contributed by atoms with Gasteiger partial charge in [0.2, 0.25) is 0 Å². The van der Waals surface area contributed by atoms with Crippen LogP contribution in [-0.2, 0) is 22.3 Å². The molecule has 29 heavy (non-hydrogen) atoms. The van der Waals surface area contributed by atoms with Crippen molar-refractivity contribution >= 4 is 28.7 Å². The Bertz CT molecular complexity index is 1040. The minimum Gasteiger partial charge on any atom is -0.548 e. The minimum absolute atomic E-state index is 0.0414. The zero-order chi connectivity index (χ0) is 21.0. The van der Waals surface area contributed by atoms with Crippen LogP contribution in [0.2, 0.25) is 0 Å². The fourth-order valence-electron chi connectivity index (χ4n) is 2.70. The van der Waals surface area contributed by atoms with Crippen LogP contribution in [0.15, 0.2) is 60.8 Å². The van der Waals surface area contributed by atoms with Gasteiger partial charge in [-0.15, -0.1) is 0 Å². The fourth-order valence-corrected chi connectivity index (χ4v) is 2.70. The maximum Gasteiger partial charge on any atom is 0.416 e. The molecule has 0 saturated heterocycles. The Kier molecular flexibility index (Phi) is 5.67. The molecule has 1 heterocycles. The van der Waals surface area contributed by atoms with Crippen molar-refractivity contribution in [1.82, 2.24) is 4.98 Å². The molecule has 2 aromatic carbocycles. The molecule has 3 aromatic rings. The van der Waals surface area contributed by atoms with Crippen LogP contribution in [0.5, 0.6) is 0 Å². The summed E-state index contributed by atoms with van der Waals surface area (Å²) < 4.78 is 44.4. The predicted octanol–water partition coefficient (Wildman–Crippen LogP) is 3.15. The number of benzene rings is 2. The van der Waals surface area contributed by atoms with E-state index in [1.807, 2.05) is 0 Å². The summed E-state index contributed by atoms with van der Waals surface area (Å²) >= 11 is 0. The van der Waals surface area contributed by atoms with Crippen molar-refractivity contribution in [3.63, 3.8) is 0 Å². The number of pyridine rings is 1. The lowest BCUT2D eigenvalue weighted by atomic mass is 10.1. The molecule has 0 N–H and O–H groups in total. The quantitative estimate of drug-likeness (QED) is 0.654. The fraction of sp³-hybridized carbons (Fsp3) is 0.150. The molecule has 0 bridgehead atoms. The molecular weight excluding hydrogens is 389 g/mol. The monoisotopic (exact) mass is 403 g/mol. The summed E-state index contributed by atoms with van der Waals surface area (Å²) in [7, 11) is 0. The topological polar surface area (TPSA) is 82.6 Å². The van der Waals surface area contributed by atoms with E-state index in [1.165, 1.54) is 18.3 Å². The number of aromatic nitrogens is 1. The standard InChI is InChI=1S/C20H15F3N2O4/c21-20(22,23)15-7-6-14-8-9-24-18(16(14)10-15)25(11-17(26)27)19(28)29-12-13-4-2-1-3-5-13/h1-10H,11-12H2,(H,26,27)/p-1. The second-order valence-corrected chi connectivity index (χ2v) is 6.07. The molecular formula is C20H14F3N2O4-. The first-order chi connectivity index (χ1) is 13.8. The van der Waals surface area contributed by atoms with Crippen LogP contribution in [0.3, 0.4) is 0 Å². The third kappa shape index (κ3) is 4.81. The van der Waals surface area contributed by atoms with Crippen LogP contribution >= 0.6 is 0 Å². The van der Waals surface area contributed by atoms with Crippen molar-refractivity contribution in [3.05, 3.63) is 71.9 Å². The molecule has 0 radical (unpaired) electrons. The van der Waals surface area contributed by atoms with Crippen molar-refractivity contribution in [2.45, 2.75) is 12.8 Å². The Hall–Kier alpha value is -3.62. The van der Waals surface area contributed by atoms with Crippen molar-refractivity contribution in [2.75, 3.05) is 11.4 Å². The third-order valence-electron chi connectivity index (χ3n) is 4.04. The van der Waals surface area contributed by atoms with Gasteiger partial charge < -0.3 is 14.6 Å². The van der Waals surface area contributed by atoms with Crippen LogP contribution in [-0.4, -0.2) is 23.6 Å². The summed E-state index contributed by atoms with van der Waals surface area (Å²) in [5.41, 5.74) is -0.301. The number of aliphatic carboxylic acids is 1. The highest BCUT2D eigenvalue weighted by atomic mass is 19.4. The summed E-state index contributed by atoms with van der Waals surface area (Å²) in [6.07, 6.45) is -4.43. The summed E-state index contributed by atoms with van der Waals surface area (Å²) in [6.45, 7) is -1.09. The summed E-state index contributed by atoms with van der Waals surface area (Å²) in [6, 6.07) is 13.0. The molecule has 1 amide bonds. The highest BCUT2D eigenvalue weighted by Gasteiger charge is 2.31. The lowest BCUT2D eigenvalue weighted by Gasteiger charge is -2.23. The van der Waals surface area contributed by atoms with Crippen LogP contribution in [0.25, 0.3) is 10.8 Å². The molecule has 0 saturated carbocycles. The van der Waals surface area contributed by atoms with Crippen LogP contribution in [0.1, 0.15) is 11.1 Å². The van der Waals surface area contributed by atoms with Gasteiger partial charge in [0.05, 0.1) is 18.1 Å². The van der Waals surface area contributed by atoms with E-state index >= 15 is 0 Å². The SMILES string of the molecule is O=C([O-])CN(C(=O)OCc1ccccc1)c1nccc2ccc(C(F)(F)F)cc12. The number of carboxylic acid groups (broad SMARTS) is 1. The van der Waals surface area contributed by atoms with Gasteiger partial charge in [0.1, 0.15) is 12.4 Å². The molecule has 1 aromatic heterocycles. The van der Waals surface area contributed by atoms with Gasteiger partial charge in [-0.25, -0.2) is 9.78 Å². The maximum absolute atomic E-state index is 13.1. The first-order valence-electron chi connectivity index (χ1n) is 8.40. The third-order valence-corrected chi connectivity index (χ3v) is 4.04. The van der Waals surface area contributed by atoms with E-state index in [9.17, 15) is 27.9 Å². The van der Waals surface area contributed by atoms with Gasteiger partial charge in [-0.2, -0.15) is 13.2 Å². The summed E-state index contributed by atoms with van der Waals surface area (Å²) in [5.74, 6) is -1.89. The molecule has 0 spiro atoms. The number of hydrogen-bond acceptors (Lipinski definition) is 5. The van der Waals surface area contributed by atoms with Crippen molar-refractivity contribution < 1.29 is 32.6 Å². The molecule has 0 aliphatic carbocycles. The first-order valence-corrected chi connectivity index (χ1v) is 8.40. The molecule has 9 heteroatoms. The normalized spacial score (nSPS) is 11.3. The highest BCUT2D eigenvalue weighted by Crippen LogP contribution is 2.34. The molecule has 3 rings (SSSR count). The second-order valence-electron chi connectivity index (χ2n) is 6.07. The number of anilines is 1. The van der Waals surface area contributed by atoms with E-state index in [0.717, 1.165) is 12.1 Å². The number of carbonyl (C=O) groups excluding carboxylic acids is 2. The van der Waals surface area contributed by atoms with Crippen LogP contribution in [0.4, 0.5) is 23.8 Å². The number of amides is 1. The minimum atomic E-state index is -4.62. The lowest BCUT2D eigenvalue weighted by molar-refractivity contribution is -0.303. The van der Waals surface area contributed by atoms with Crippen LogP contribution in [0, 0.1) is 0 Å². The van der Waals surface area contributed by atoms with Gasteiger partial charge in [0.15, 0.2) is 0 Å². The van der Waals surface area contributed by atoms with Crippen molar-refractivity contribution in [2.24, 2.45) is 0 Å². The number of ether oxygens (including phenoxy) is 1. The lowest BCUT2D eigenvalue weighted by Crippen LogP contribution is -2.42. The summed E-state index contributed by atoms with van der Waals surface area (Å²) in [4.78, 5) is 28.2. The van der Waals surface area contributed by atoms with Gasteiger partial charge in [-0.1, -0.05) is 36.4 Å². The number of alkyl halides is 3. The van der Waals surface area contributed by atoms with Gasteiger partial charge in [0.25, 0.3) is 0 Å². The van der Waals surface area contributed by atoms with Crippen LogP contribution < -0.4 is 10.0 Å². The van der Waals surface area contributed by atoms with E-state index < -0.39 is 30.3 Å². The summed E-state index contributed by atoms with van der Waals surface area (Å²) in [5, 5.41) is 11.5. The number of fused-ring (bicyclic) bond motifs is 1. The zero-order valence-electron chi connectivity index (χ0n) is 14.8. The first kappa shape index (κ1) is 20.1. The van der Waals surface area contributed by atoms with E-state index in [-0.39, 0.29) is 17.8 Å². The van der Waals surface area contributed by atoms with E-state index in [1.54, 1.807) is 30.3 Å². The Morgan fingerprint density at radius 1 is 1.07 bits per heavy atom. The molecule has 150 valence electrons. The largest absolute Gasteiger partial charge is 0.548 e. The number of carboxylic acids is 1.